The van der Waals surface area contributed by atoms with E-state index in [1.807, 2.05) is 0 Å². The standard InChI is InChI=1S/C16H20BrFO2/c1-15(2)5-7-16(8-6-15,14(19)20)10-11-3-4-12(18)9-13(11)17/h3-4,9H,5-8,10H2,1-2H3,(H,19,20). The third kappa shape index (κ3) is 3.22. The number of rotatable bonds is 3. The van der Waals surface area contributed by atoms with E-state index in [0.717, 1.165) is 18.4 Å². The molecule has 1 aromatic rings. The summed E-state index contributed by atoms with van der Waals surface area (Å²) in [6.45, 7) is 4.37. The molecule has 0 amide bonds. The van der Waals surface area contributed by atoms with Crippen molar-refractivity contribution in [2.75, 3.05) is 0 Å². The van der Waals surface area contributed by atoms with Crippen molar-refractivity contribution < 1.29 is 14.3 Å². The van der Waals surface area contributed by atoms with Crippen LogP contribution in [0.5, 0.6) is 0 Å². The molecule has 4 heteroatoms. The Labute approximate surface area is 127 Å². The van der Waals surface area contributed by atoms with Gasteiger partial charge in [0.1, 0.15) is 5.82 Å². The molecule has 0 bridgehead atoms. The Morgan fingerprint density at radius 1 is 1.30 bits per heavy atom. The summed E-state index contributed by atoms with van der Waals surface area (Å²) in [6.07, 6.45) is 3.65. The fourth-order valence-electron chi connectivity index (χ4n) is 2.90. The molecule has 0 aliphatic heterocycles. The lowest BCUT2D eigenvalue weighted by Crippen LogP contribution is -2.39. The summed E-state index contributed by atoms with van der Waals surface area (Å²) in [5.41, 5.74) is 0.378. The average molecular weight is 343 g/mol. The molecule has 1 aromatic carbocycles. The predicted octanol–water partition coefficient (Wildman–Crippen LogP) is 4.80. The highest BCUT2D eigenvalue weighted by Gasteiger charge is 2.44. The lowest BCUT2D eigenvalue weighted by atomic mass is 9.63. The van der Waals surface area contributed by atoms with Crippen molar-refractivity contribution in [2.45, 2.75) is 46.0 Å². The van der Waals surface area contributed by atoms with Crippen LogP contribution in [-0.2, 0) is 11.2 Å². The molecule has 2 nitrogen and oxygen atoms in total. The second kappa shape index (κ2) is 5.47. The van der Waals surface area contributed by atoms with Crippen molar-refractivity contribution in [3.63, 3.8) is 0 Å². The third-order valence-corrected chi connectivity index (χ3v) is 5.30. The van der Waals surface area contributed by atoms with Crippen molar-refractivity contribution in [3.05, 3.63) is 34.1 Å². The number of carboxylic acid groups (broad SMARTS) is 1. The second-order valence-corrected chi connectivity index (χ2v) is 7.52. The molecule has 0 spiro atoms. The number of carboxylic acids is 1. The van der Waals surface area contributed by atoms with Gasteiger partial charge in [-0.15, -0.1) is 0 Å². The summed E-state index contributed by atoms with van der Waals surface area (Å²) in [5, 5.41) is 9.68. The van der Waals surface area contributed by atoms with Gasteiger partial charge in [0.25, 0.3) is 0 Å². The monoisotopic (exact) mass is 342 g/mol. The van der Waals surface area contributed by atoms with Gasteiger partial charge in [-0.1, -0.05) is 35.8 Å². The molecule has 1 fully saturated rings. The predicted molar refractivity (Wildman–Crippen MR) is 80.1 cm³/mol. The molecular weight excluding hydrogens is 323 g/mol. The van der Waals surface area contributed by atoms with E-state index in [9.17, 15) is 14.3 Å². The molecule has 1 aliphatic rings. The highest BCUT2D eigenvalue weighted by molar-refractivity contribution is 9.10. The summed E-state index contributed by atoms with van der Waals surface area (Å²) in [6, 6.07) is 4.48. The molecule has 20 heavy (non-hydrogen) atoms. The molecule has 1 saturated carbocycles. The molecule has 2 rings (SSSR count). The molecule has 0 saturated heterocycles. The van der Waals surface area contributed by atoms with Gasteiger partial charge >= 0.3 is 5.97 Å². The van der Waals surface area contributed by atoms with Crippen molar-refractivity contribution in [3.8, 4) is 0 Å². The Bertz CT molecular complexity index is 515. The van der Waals surface area contributed by atoms with E-state index in [-0.39, 0.29) is 11.2 Å². The van der Waals surface area contributed by atoms with E-state index in [4.69, 9.17) is 0 Å². The van der Waals surface area contributed by atoms with Gasteiger partial charge in [-0.3, -0.25) is 4.79 Å². The molecule has 0 aromatic heterocycles. The van der Waals surface area contributed by atoms with E-state index < -0.39 is 11.4 Å². The van der Waals surface area contributed by atoms with Crippen LogP contribution in [0.25, 0.3) is 0 Å². The molecule has 0 unspecified atom stereocenters. The second-order valence-electron chi connectivity index (χ2n) is 6.66. The maximum absolute atomic E-state index is 13.1. The van der Waals surface area contributed by atoms with Crippen LogP contribution in [0.15, 0.2) is 22.7 Å². The molecule has 0 heterocycles. The SMILES string of the molecule is CC1(C)CCC(Cc2ccc(F)cc2Br)(C(=O)O)CC1. The summed E-state index contributed by atoms with van der Waals surface area (Å²) in [7, 11) is 0. The van der Waals surface area contributed by atoms with Crippen LogP contribution in [0.1, 0.15) is 45.1 Å². The topological polar surface area (TPSA) is 37.3 Å². The molecule has 1 aliphatic carbocycles. The maximum Gasteiger partial charge on any atom is 0.309 e. The molecule has 1 N–H and O–H groups in total. The van der Waals surface area contributed by atoms with Gasteiger partial charge in [0.2, 0.25) is 0 Å². The zero-order valence-corrected chi connectivity index (χ0v) is 13.5. The van der Waals surface area contributed by atoms with Crippen LogP contribution in [-0.4, -0.2) is 11.1 Å². The van der Waals surface area contributed by atoms with E-state index in [2.05, 4.69) is 29.8 Å². The van der Waals surface area contributed by atoms with E-state index in [0.29, 0.717) is 23.7 Å². The number of halogens is 2. The smallest absolute Gasteiger partial charge is 0.309 e. The van der Waals surface area contributed by atoms with E-state index >= 15 is 0 Å². The van der Waals surface area contributed by atoms with Crippen molar-refractivity contribution in [1.82, 2.24) is 0 Å². The van der Waals surface area contributed by atoms with Gasteiger partial charge in [0.15, 0.2) is 0 Å². The molecule has 0 atom stereocenters. The van der Waals surface area contributed by atoms with E-state index in [1.54, 1.807) is 6.07 Å². The quantitative estimate of drug-likeness (QED) is 0.856. The zero-order valence-electron chi connectivity index (χ0n) is 11.9. The Morgan fingerprint density at radius 2 is 1.90 bits per heavy atom. The first-order chi connectivity index (χ1) is 9.24. The summed E-state index contributed by atoms with van der Waals surface area (Å²) in [4.78, 5) is 11.8. The summed E-state index contributed by atoms with van der Waals surface area (Å²) in [5.74, 6) is -1.04. The normalized spacial score (nSPS) is 20.6. The Balaban J connectivity index is 2.24. The third-order valence-electron chi connectivity index (χ3n) is 4.56. The maximum atomic E-state index is 13.1. The lowest BCUT2D eigenvalue weighted by molar-refractivity contribution is -0.152. The highest BCUT2D eigenvalue weighted by Crippen LogP contribution is 2.47. The number of hydrogen-bond donors (Lipinski definition) is 1. The van der Waals surface area contributed by atoms with E-state index in [1.165, 1.54) is 12.1 Å². The van der Waals surface area contributed by atoms with Crippen molar-refractivity contribution in [2.24, 2.45) is 10.8 Å². The molecule has 110 valence electrons. The van der Waals surface area contributed by atoms with Gasteiger partial charge in [-0.2, -0.15) is 0 Å². The van der Waals surface area contributed by atoms with Gasteiger partial charge < -0.3 is 5.11 Å². The van der Waals surface area contributed by atoms with Gasteiger partial charge in [-0.25, -0.2) is 4.39 Å². The van der Waals surface area contributed by atoms with Crippen molar-refractivity contribution in [1.29, 1.82) is 0 Å². The minimum Gasteiger partial charge on any atom is -0.481 e. The minimum atomic E-state index is -0.732. The first-order valence-corrected chi connectivity index (χ1v) is 7.71. The number of hydrogen-bond acceptors (Lipinski definition) is 1. The van der Waals surface area contributed by atoms with Crippen LogP contribution >= 0.6 is 15.9 Å². The van der Waals surface area contributed by atoms with Crippen molar-refractivity contribution >= 4 is 21.9 Å². The molecule has 0 radical (unpaired) electrons. The Morgan fingerprint density at radius 3 is 2.40 bits per heavy atom. The van der Waals surface area contributed by atoms with Crippen LogP contribution in [0, 0.1) is 16.6 Å². The lowest BCUT2D eigenvalue weighted by Gasteiger charge is -2.41. The minimum absolute atomic E-state index is 0.221. The first kappa shape index (κ1) is 15.5. The number of carbonyl (C=O) groups is 1. The first-order valence-electron chi connectivity index (χ1n) is 6.92. The fraction of sp³-hybridized carbons (Fsp3) is 0.562. The Hall–Kier alpha value is -0.900. The van der Waals surface area contributed by atoms with Gasteiger partial charge in [-0.05, 0) is 55.2 Å². The molecular formula is C16H20BrFO2. The van der Waals surface area contributed by atoms with Crippen LogP contribution in [0.3, 0.4) is 0 Å². The van der Waals surface area contributed by atoms with Crippen LogP contribution in [0.2, 0.25) is 0 Å². The van der Waals surface area contributed by atoms with Gasteiger partial charge in [0.05, 0.1) is 5.41 Å². The highest BCUT2D eigenvalue weighted by atomic mass is 79.9. The Kier molecular flexibility index (Phi) is 4.24. The van der Waals surface area contributed by atoms with Gasteiger partial charge in [0, 0.05) is 4.47 Å². The summed E-state index contributed by atoms with van der Waals surface area (Å²) < 4.78 is 13.8. The fourth-order valence-corrected chi connectivity index (χ4v) is 3.39. The van der Waals surface area contributed by atoms with Crippen LogP contribution < -0.4 is 0 Å². The number of aliphatic carboxylic acids is 1. The number of benzene rings is 1. The summed E-state index contributed by atoms with van der Waals surface area (Å²) >= 11 is 3.34. The largest absolute Gasteiger partial charge is 0.481 e. The average Bonchev–Trinajstić information content (AvgIpc) is 2.35. The van der Waals surface area contributed by atoms with Crippen LogP contribution in [0.4, 0.5) is 4.39 Å². The zero-order chi connectivity index (χ0) is 15.0.